The Morgan fingerprint density at radius 1 is 1.14 bits per heavy atom. The van der Waals surface area contributed by atoms with Crippen LogP contribution in [-0.4, -0.2) is 39.3 Å². The first-order chi connectivity index (χ1) is 13.2. The van der Waals surface area contributed by atoms with Gasteiger partial charge in [-0.15, -0.1) is 0 Å². The number of hydrogen-bond donors (Lipinski definition) is 3. The molecule has 0 fully saturated rings. The lowest BCUT2D eigenvalue weighted by Gasteiger charge is -2.19. The SMILES string of the molecule is CCOc1ccccc1OCC(C)NCC(O)c1ccc(C)c(S(N)(=O)=O)c1. The topological polar surface area (TPSA) is 111 Å². The molecule has 2 aromatic rings. The third kappa shape index (κ3) is 6.20. The molecule has 0 aliphatic heterocycles. The Bertz CT molecular complexity index is 886. The lowest BCUT2D eigenvalue weighted by molar-refractivity contribution is 0.162. The minimum atomic E-state index is -3.83. The Kier molecular flexibility index (Phi) is 7.82. The van der Waals surface area contributed by atoms with Crippen molar-refractivity contribution in [3.63, 3.8) is 0 Å². The maximum Gasteiger partial charge on any atom is 0.238 e. The number of primary sulfonamides is 1. The second-order valence-corrected chi connectivity index (χ2v) is 8.12. The van der Waals surface area contributed by atoms with Crippen molar-refractivity contribution in [2.45, 2.75) is 37.8 Å². The lowest BCUT2D eigenvalue weighted by Crippen LogP contribution is -2.35. The highest BCUT2D eigenvalue weighted by Gasteiger charge is 2.16. The summed E-state index contributed by atoms with van der Waals surface area (Å²) in [5.74, 6) is 1.35. The Hall–Kier alpha value is -2.13. The van der Waals surface area contributed by atoms with Crippen LogP contribution in [0.4, 0.5) is 0 Å². The van der Waals surface area contributed by atoms with Crippen LogP contribution < -0.4 is 19.9 Å². The van der Waals surface area contributed by atoms with E-state index in [4.69, 9.17) is 14.6 Å². The predicted molar refractivity (Wildman–Crippen MR) is 108 cm³/mol. The van der Waals surface area contributed by atoms with Crippen LogP contribution in [0.15, 0.2) is 47.4 Å². The molecular weight excluding hydrogens is 380 g/mol. The number of ether oxygens (including phenoxy) is 2. The number of aliphatic hydroxyl groups excluding tert-OH is 1. The molecule has 0 amide bonds. The zero-order valence-electron chi connectivity index (χ0n) is 16.4. The van der Waals surface area contributed by atoms with Crippen LogP contribution in [0.25, 0.3) is 0 Å². The minimum Gasteiger partial charge on any atom is -0.490 e. The van der Waals surface area contributed by atoms with Crippen molar-refractivity contribution in [3.8, 4) is 11.5 Å². The largest absolute Gasteiger partial charge is 0.490 e. The molecule has 0 bridgehead atoms. The number of rotatable bonds is 10. The number of hydrogen-bond acceptors (Lipinski definition) is 6. The van der Waals surface area contributed by atoms with E-state index in [-0.39, 0.29) is 17.5 Å². The summed E-state index contributed by atoms with van der Waals surface area (Å²) in [4.78, 5) is 0.0213. The highest BCUT2D eigenvalue weighted by Crippen LogP contribution is 2.26. The van der Waals surface area contributed by atoms with Crippen LogP contribution in [0, 0.1) is 6.92 Å². The average molecular weight is 409 g/mol. The van der Waals surface area contributed by atoms with Crippen molar-refractivity contribution in [2.75, 3.05) is 19.8 Å². The number of aryl methyl sites for hydroxylation is 1. The van der Waals surface area contributed by atoms with Crippen LogP contribution in [0.2, 0.25) is 0 Å². The van der Waals surface area contributed by atoms with Crippen LogP contribution in [0.1, 0.15) is 31.1 Å². The lowest BCUT2D eigenvalue weighted by atomic mass is 10.1. The molecular formula is C20H28N2O5S. The molecule has 8 heteroatoms. The van der Waals surface area contributed by atoms with Gasteiger partial charge in [-0.25, -0.2) is 13.6 Å². The van der Waals surface area contributed by atoms with E-state index in [1.165, 1.54) is 6.07 Å². The molecule has 0 aliphatic carbocycles. The zero-order chi connectivity index (χ0) is 20.7. The summed E-state index contributed by atoms with van der Waals surface area (Å²) >= 11 is 0. The molecule has 4 N–H and O–H groups in total. The summed E-state index contributed by atoms with van der Waals surface area (Å²) in [7, 11) is -3.83. The van der Waals surface area contributed by atoms with Gasteiger partial charge in [0.15, 0.2) is 11.5 Å². The fraction of sp³-hybridized carbons (Fsp3) is 0.400. The van der Waals surface area contributed by atoms with Gasteiger partial charge in [-0.05, 0) is 50.1 Å². The number of sulfonamides is 1. The van der Waals surface area contributed by atoms with E-state index in [0.29, 0.717) is 35.8 Å². The number of nitrogens with two attached hydrogens (primary N) is 1. The Labute approximate surface area is 166 Å². The fourth-order valence-corrected chi connectivity index (χ4v) is 3.50. The molecule has 7 nitrogen and oxygen atoms in total. The number of para-hydroxylation sites is 2. The Morgan fingerprint density at radius 2 is 1.79 bits per heavy atom. The monoisotopic (exact) mass is 408 g/mol. The van der Waals surface area contributed by atoms with Crippen molar-refractivity contribution in [1.29, 1.82) is 0 Å². The molecule has 154 valence electrons. The first-order valence-electron chi connectivity index (χ1n) is 9.11. The maximum atomic E-state index is 11.6. The summed E-state index contributed by atoms with van der Waals surface area (Å²) < 4.78 is 34.6. The molecule has 0 saturated carbocycles. The van der Waals surface area contributed by atoms with Crippen LogP contribution in [-0.2, 0) is 10.0 Å². The third-order valence-corrected chi connectivity index (χ3v) is 5.25. The molecule has 0 saturated heterocycles. The molecule has 0 aliphatic rings. The van der Waals surface area contributed by atoms with Gasteiger partial charge < -0.3 is 19.9 Å². The molecule has 28 heavy (non-hydrogen) atoms. The van der Waals surface area contributed by atoms with Gasteiger partial charge in [0, 0.05) is 12.6 Å². The number of nitrogens with one attached hydrogen (secondary N) is 1. The highest BCUT2D eigenvalue weighted by molar-refractivity contribution is 7.89. The molecule has 0 heterocycles. The van der Waals surface area contributed by atoms with Gasteiger partial charge in [0.1, 0.15) is 6.61 Å². The van der Waals surface area contributed by atoms with Crippen LogP contribution >= 0.6 is 0 Å². The third-order valence-electron chi connectivity index (χ3n) is 4.20. The van der Waals surface area contributed by atoms with Crippen molar-refractivity contribution in [2.24, 2.45) is 5.14 Å². The van der Waals surface area contributed by atoms with Gasteiger partial charge in [0.2, 0.25) is 10.0 Å². The van der Waals surface area contributed by atoms with Gasteiger partial charge in [-0.3, -0.25) is 0 Å². The molecule has 2 unspecified atom stereocenters. The quantitative estimate of drug-likeness (QED) is 0.555. The van der Waals surface area contributed by atoms with Gasteiger partial charge in [0.25, 0.3) is 0 Å². The van der Waals surface area contributed by atoms with Gasteiger partial charge in [0.05, 0.1) is 17.6 Å². The molecule has 2 aromatic carbocycles. The average Bonchev–Trinajstić information content (AvgIpc) is 2.65. The van der Waals surface area contributed by atoms with E-state index < -0.39 is 16.1 Å². The Morgan fingerprint density at radius 3 is 2.39 bits per heavy atom. The van der Waals surface area contributed by atoms with E-state index in [1.807, 2.05) is 38.1 Å². The van der Waals surface area contributed by atoms with E-state index >= 15 is 0 Å². The zero-order valence-corrected chi connectivity index (χ0v) is 17.2. The van der Waals surface area contributed by atoms with Gasteiger partial charge in [-0.1, -0.05) is 24.3 Å². The molecule has 2 rings (SSSR count). The Balaban J connectivity index is 1.92. The smallest absolute Gasteiger partial charge is 0.238 e. The molecule has 0 radical (unpaired) electrons. The van der Waals surface area contributed by atoms with Crippen LogP contribution in [0.5, 0.6) is 11.5 Å². The van der Waals surface area contributed by atoms with E-state index in [0.717, 1.165) is 0 Å². The van der Waals surface area contributed by atoms with Gasteiger partial charge >= 0.3 is 0 Å². The number of benzene rings is 2. The number of aliphatic hydroxyl groups is 1. The maximum absolute atomic E-state index is 11.6. The van der Waals surface area contributed by atoms with Crippen LogP contribution in [0.3, 0.4) is 0 Å². The van der Waals surface area contributed by atoms with Gasteiger partial charge in [-0.2, -0.15) is 0 Å². The van der Waals surface area contributed by atoms with E-state index in [1.54, 1.807) is 19.1 Å². The summed E-state index contributed by atoms with van der Waals surface area (Å²) in [5, 5.41) is 18.8. The summed E-state index contributed by atoms with van der Waals surface area (Å²) in [5.41, 5.74) is 1.03. The molecule has 0 spiro atoms. The summed E-state index contributed by atoms with van der Waals surface area (Å²) in [6.45, 7) is 6.68. The fourth-order valence-electron chi connectivity index (χ4n) is 2.68. The standard InChI is InChI=1S/C20H28N2O5S/c1-4-26-18-7-5-6-8-19(18)27-13-15(3)22-12-17(23)16-10-9-14(2)20(11-16)28(21,24)25/h5-11,15,17,22-23H,4,12-13H2,1-3H3,(H2,21,24,25). The normalized spacial score (nSPS) is 13.8. The summed E-state index contributed by atoms with van der Waals surface area (Å²) in [6.07, 6.45) is -0.876. The second-order valence-electron chi connectivity index (χ2n) is 6.59. The summed E-state index contributed by atoms with van der Waals surface area (Å²) in [6, 6.07) is 12.1. The van der Waals surface area contributed by atoms with E-state index in [2.05, 4.69) is 5.32 Å². The van der Waals surface area contributed by atoms with Crippen molar-refractivity contribution in [3.05, 3.63) is 53.6 Å². The minimum absolute atomic E-state index is 0.0213. The molecule has 2 atom stereocenters. The highest BCUT2D eigenvalue weighted by atomic mass is 32.2. The van der Waals surface area contributed by atoms with E-state index in [9.17, 15) is 13.5 Å². The molecule has 0 aromatic heterocycles. The second kappa shape index (κ2) is 9.88. The van der Waals surface area contributed by atoms with Crippen molar-refractivity contribution >= 4 is 10.0 Å². The first kappa shape index (κ1) is 22.2. The predicted octanol–water partition coefficient (Wildman–Crippen LogP) is 2.13. The van der Waals surface area contributed by atoms with Crippen molar-refractivity contribution in [1.82, 2.24) is 5.32 Å². The first-order valence-corrected chi connectivity index (χ1v) is 10.7. The van der Waals surface area contributed by atoms with Crippen molar-refractivity contribution < 1.29 is 23.0 Å².